The molecular formula is C28H24F2N6O2. The maximum Gasteiger partial charge on any atom is 0.336 e. The number of carbonyl (C=O) groups excluding carboxylic acids is 1. The van der Waals surface area contributed by atoms with Crippen molar-refractivity contribution in [3.8, 4) is 22.5 Å². The minimum atomic E-state index is -2.98. The van der Waals surface area contributed by atoms with E-state index >= 15 is 0 Å². The van der Waals surface area contributed by atoms with Gasteiger partial charge in [0.2, 0.25) is 0 Å². The average molecular weight is 515 g/mol. The Hall–Kier alpha value is -4.73. The van der Waals surface area contributed by atoms with Gasteiger partial charge >= 0.3 is 5.69 Å². The summed E-state index contributed by atoms with van der Waals surface area (Å²) in [5, 5.41) is 14.1. The molecule has 0 spiro atoms. The van der Waals surface area contributed by atoms with Crippen molar-refractivity contribution in [2.45, 2.75) is 32.7 Å². The van der Waals surface area contributed by atoms with E-state index in [4.69, 9.17) is 0 Å². The van der Waals surface area contributed by atoms with E-state index < -0.39 is 23.7 Å². The van der Waals surface area contributed by atoms with Crippen LogP contribution in [-0.4, -0.2) is 35.7 Å². The van der Waals surface area contributed by atoms with Crippen LogP contribution >= 0.6 is 0 Å². The number of H-pyrrole nitrogens is 1. The quantitative estimate of drug-likeness (QED) is 0.310. The van der Waals surface area contributed by atoms with Gasteiger partial charge in [-0.05, 0) is 45.7 Å². The van der Waals surface area contributed by atoms with Crippen LogP contribution in [0.4, 0.5) is 8.78 Å². The van der Waals surface area contributed by atoms with Crippen LogP contribution in [0.1, 0.15) is 47.1 Å². The lowest BCUT2D eigenvalue weighted by molar-refractivity contribution is 0.0913. The summed E-state index contributed by atoms with van der Waals surface area (Å²) in [6.45, 7) is 1.90. The van der Waals surface area contributed by atoms with E-state index in [-0.39, 0.29) is 24.2 Å². The Morgan fingerprint density at radius 3 is 2.26 bits per heavy atom. The molecule has 0 bridgehead atoms. The van der Waals surface area contributed by atoms with Crippen molar-refractivity contribution in [1.29, 1.82) is 0 Å². The van der Waals surface area contributed by atoms with Crippen LogP contribution in [0.25, 0.3) is 22.5 Å². The zero-order valence-corrected chi connectivity index (χ0v) is 20.5. The number of rotatable bonds is 8. The van der Waals surface area contributed by atoms with Gasteiger partial charge in [-0.3, -0.25) is 9.36 Å². The lowest BCUT2D eigenvalue weighted by Gasteiger charge is -2.11. The lowest BCUT2D eigenvalue weighted by atomic mass is 9.98. The first-order valence-electron chi connectivity index (χ1n) is 12.1. The maximum absolute atomic E-state index is 14.3. The van der Waals surface area contributed by atoms with Gasteiger partial charge in [0.1, 0.15) is 5.69 Å². The van der Waals surface area contributed by atoms with E-state index in [1.165, 1.54) is 16.7 Å². The number of tetrazole rings is 1. The minimum absolute atomic E-state index is 0.0525. The third kappa shape index (κ3) is 4.68. The van der Waals surface area contributed by atoms with Crippen LogP contribution in [-0.2, 0) is 13.0 Å². The van der Waals surface area contributed by atoms with Crippen molar-refractivity contribution in [3.63, 3.8) is 0 Å². The molecule has 0 aliphatic heterocycles. The average Bonchev–Trinajstić information content (AvgIpc) is 3.57. The van der Waals surface area contributed by atoms with Crippen molar-refractivity contribution >= 4 is 5.91 Å². The van der Waals surface area contributed by atoms with Gasteiger partial charge in [-0.2, -0.15) is 0 Å². The van der Waals surface area contributed by atoms with Gasteiger partial charge in [-0.1, -0.05) is 80.1 Å². The highest BCUT2D eigenvalue weighted by Gasteiger charge is 2.29. The monoisotopic (exact) mass is 514 g/mol. The first-order chi connectivity index (χ1) is 18.5. The van der Waals surface area contributed by atoms with Crippen LogP contribution in [0.5, 0.6) is 0 Å². The first-order valence-corrected chi connectivity index (χ1v) is 12.1. The third-order valence-electron chi connectivity index (χ3n) is 6.34. The number of carbonyl (C=O) groups is 1. The molecule has 2 heterocycles. The highest BCUT2D eigenvalue weighted by Crippen LogP contribution is 2.30. The van der Waals surface area contributed by atoms with Crippen molar-refractivity contribution in [3.05, 3.63) is 112 Å². The van der Waals surface area contributed by atoms with Crippen LogP contribution in [0.2, 0.25) is 0 Å². The van der Waals surface area contributed by atoms with E-state index in [1.807, 2.05) is 55.5 Å². The molecule has 38 heavy (non-hydrogen) atoms. The second-order valence-electron chi connectivity index (χ2n) is 8.75. The van der Waals surface area contributed by atoms with Gasteiger partial charge in [0.25, 0.3) is 12.3 Å². The highest BCUT2D eigenvalue weighted by atomic mass is 19.3. The standard InChI is InChI=1S/C28H24F2N6O2/c1-2-8-23-24(25(29)30)36(27(37)20-9-4-3-5-10-20)28(38)35(23)17-18-13-15-19(16-14-18)21-11-6-7-12-22(21)26-31-33-34-32-26/h3-7,9-16,25H,2,8,17H2,1H3,(H,31,32,33,34). The molecule has 5 rings (SSSR count). The molecule has 3 aromatic carbocycles. The van der Waals surface area contributed by atoms with Gasteiger partial charge in [0.15, 0.2) is 5.82 Å². The zero-order chi connectivity index (χ0) is 26.6. The summed E-state index contributed by atoms with van der Waals surface area (Å²) < 4.78 is 30.5. The summed E-state index contributed by atoms with van der Waals surface area (Å²) >= 11 is 0. The molecule has 0 aliphatic carbocycles. The summed E-state index contributed by atoms with van der Waals surface area (Å²) in [6, 6.07) is 23.1. The molecule has 192 valence electrons. The van der Waals surface area contributed by atoms with E-state index in [9.17, 15) is 18.4 Å². The maximum atomic E-state index is 14.3. The Morgan fingerprint density at radius 2 is 1.63 bits per heavy atom. The number of hydrogen-bond acceptors (Lipinski definition) is 5. The van der Waals surface area contributed by atoms with E-state index in [1.54, 1.807) is 18.2 Å². The van der Waals surface area contributed by atoms with Crippen molar-refractivity contribution in [1.82, 2.24) is 29.8 Å². The molecule has 0 unspecified atom stereocenters. The fourth-order valence-electron chi connectivity index (χ4n) is 4.59. The van der Waals surface area contributed by atoms with Gasteiger partial charge in [0.05, 0.1) is 6.54 Å². The van der Waals surface area contributed by atoms with Crippen molar-refractivity contribution in [2.75, 3.05) is 0 Å². The first kappa shape index (κ1) is 24.9. The molecule has 0 saturated carbocycles. The van der Waals surface area contributed by atoms with Gasteiger partial charge in [-0.25, -0.2) is 23.2 Å². The largest absolute Gasteiger partial charge is 0.336 e. The smallest absolute Gasteiger partial charge is 0.291 e. The van der Waals surface area contributed by atoms with Crippen LogP contribution < -0.4 is 5.69 Å². The van der Waals surface area contributed by atoms with Crippen LogP contribution in [0, 0.1) is 0 Å². The molecule has 10 heteroatoms. The Balaban J connectivity index is 1.53. The Labute approximate surface area is 216 Å². The Bertz CT molecular complexity index is 1610. The fraction of sp³-hybridized carbons (Fsp3) is 0.179. The molecule has 2 aromatic heterocycles. The molecule has 0 aliphatic rings. The summed E-state index contributed by atoms with van der Waals surface area (Å²) in [4.78, 5) is 26.6. The number of nitrogens with one attached hydrogen (secondary N) is 1. The topological polar surface area (TPSA) is 98.5 Å². The summed E-state index contributed by atoms with van der Waals surface area (Å²) in [6.07, 6.45) is -2.21. The molecular weight excluding hydrogens is 490 g/mol. The summed E-state index contributed by atoms with van der Waals surface area (Å²) in [5.74, 6) is -0.236. The van der Waals surface area contributed by atoms with E-state index in [0.717, 1.165) is 22.3 Å². The molecule has 0 amide bonds. The fourth-order valence-corrected chi connectivity index (χ4v) is 4.59. The lowest BCUT2D eigenvalue weighted by Crippen LogP contribution is -2.31. The van der Waals surface area contributed by atoms with Crippen LogP contribution in [0.3, 0.4) is 0 Å². The van der Waals surface area contributed by atoms with Crippen molar-refractivity contribution < 1.29 is 13.6 Å². The highest BCUT2D eigenvalue weighted by molar-refractivity contribution is 5.96. The summed E-state index contributed by atoms with van der Waals surface area (Å²) in [5.41, 5.74) is 2.38. The van der Waals surface area contributed by atoms with E-state index in [2.05, 4.69) is 20.6 Å². The number of aromatic amines is 1. The normalized spacial score (nSPS) is 11.3. The molecule has 0 fully saturated rings. The minimum Gasteiger partial charge on any atom is -0.291 e. The SMILES string of the molecule is CCCc1c(C(F)F)n(C(=O)c2ccccc2)c(=O)n1Cc1ccc(-c2ccccc2-c2nnn[nH]2)cc1. The number of nitrogens with zero attached hydrogens (tertiary/aromatic N) is 5. The van der Waals surface area contributed by atoms with Crippen molar-refractivity contribution in [2.24, 2.45) is 0 Å². The van der Waals surface area contributed by atoms with Crippen LogP contribution in [0.15, 0.2) is 83.7 Å². The number of hydrogen-bond donors (Lipinski definition) is 1. The van der Waals surface area contributed by atoms with Gasteiger partial charge in [0, 0.05) is 16.8 Å². The second kappa shape index (κ2) is 10.7. The Morgan fingerprint density at radius 1 is 0.947 bits per heavy atom. The summed E-state index contributed by atoms with van der Waals surface area (Å²) in [7, 11) is 0. The van der Waals surface area contributed by atoms with Gasteiger partial charge < -0.3 is 0 Å². The predicted octanol–water partition coefficient (Wildman–Crippen LogP) is 5.12. The number of alkyl halides is 2. The molecule has 0 atom stereocenters. The number of halogens is 2. The third-order valence-corrected chi connectivity index (χ3v) is 6.34. The van der Waals surface area contributed by atoms with Gasteiger partial charge in [-0.15, -0.1) is 5.10 Å². The second-order valence-corrected chi connectivity index (χ2v) is 8.75. The molecule has 0 saturated heterocycles. The van der Waals surface area contributed by atoms with E-state index in [0.29, 0.717) is 16.8 Å². The molecule has 1 N–H and O–H groups in total. The number of aromatic nitrogens is 6. The number of imidazole rings is 1. The number of benzene rings is 3. The molecule has 5 aromatic rings. The zero-order valence-electron chi connectivity index (χ0n) is 20.5. The Kier molecular flexibility index (Phi) is 7.03. The molecule has 8 nitrogen and oxygen atoms in total. The predicted molar refractivity (Wildman–Crippen MR) is 138 cm³/mol. The molecule has 0 radical (unpaired) electrons.